The van der Waals surface area contributed by atoms with Crippen molar-refractivity contribution in [1.29, 1.82) is 0 Å². The van der Waals surface area contributed by atoms with E-state index in [0.717, 1.165) is 0 Å². The van der Waals surface area contributed by atoms with Gasteiger partial charge in [0.1, 0.15) is 11.6 Å². The molecule has 8 N–H and O–H groups in total. The molecule has 12 nitrogen and oxygen atoms in total. The Morgan fingerprint density at radius 2 is 1.13 bits per heavy atom. The Morgan fingerprint density at radius 3 is 1.57 bits per heavy atom. The summed E-state index contributed by atoms with van der Waals surface area (Å²) >= 11 is 0. The molecule has 23 heavy (non-hydrogen) atoms. The van der Waals surface area contributed by atoms with Crippen molar-refractivity contribution in [3.63, 3.8) is 0 Å². The first-order chi connectivity index (χ1) is 11.0. The summed E-state index contributed by atoms with van der Waals surface area (Å²) in [4.78, 5) is 50.2. The van der Waals surface area contributed by atoms with Crippen molar-refractivity contribution in [3.8, 4) is 0 Å². The monoisotopic (exact) mass is 314 g/mol. The Morgan fingerprint density at radius 1 is 0.696 bits per heavy atom. The molecule has 0 aliphatic carbocycles. The number of nitrogens with one attached hydrogen (secondary N) is 4. The van der Waals surface area contributed by atoms with Gasteiger partial charge in [-0.1, -0.05) is 0 Å². The fraction of sp³-hybridized carbons (Fsp3) is 0.0909. The summed E-state index contributed by atoms with van der Waals surface area (Å²) in [5.41, 5.74) is 11.0. The lowest BCUT2D eigenvalue weighted by Gasteiger charge is -1.90. The zero-order valence-corrected chi connectivity index (χ0v) is 11.5. The molecule has 0 bridgehead atoms. The van der Waals surface area contributed by atoms with Crippen molar-refractivity contribution in [2.24, 2.45) is 0 Å². The minimum atomic E-state index is -0.415. The number of imidazole rings is 2. The first-order valence-corrected chi connectivity index (χ1v) is 6.48. The lowest BCUT2D eigenvalue weighted by molar-refractivity contribution is 0.956. The van der Waals surface area contributed by atoms with E-state index in [1.807, 2.05) is 0 Å². The predicted octanol–water partition coefficient (Wildman–Crippen LogP) is -1.64. The zero-order valence-electron chi connectivity index (χ0n) is 11.5. The van der Waals surface area contributed by atoms with Crippen LogP contribution in [0.5, 0.6) is 0 Å². The highest BCUT2D eigenvalue weighted by atomic mass is 16.1. The van der Waals surface area contributed by atoms with Gasteiger partial charge in [0.2, 0.25) is 11.9 Å². The Labute approximate surface area is 125 Å². The molecule has 12 heteroatoms. The van der Waals surface area contributed by atoms with E-state index in [9.17, 15) is 9.59 Å². The molecular formula is C11H10N10O2. The van der Waals surface area contributed by atoms with Gasteiger partial charge in [-0.25, -0.2) is 9.97 Å². The first kappa shape index (κ1) is 13.0. The minimum absolute atomic E-state index is 0.0181. The lowest BCUT2D eigenvalue weighted by Crippen LogP contribution is -2.11. The number of H-pyrrole nitrogens is 4. The van der Waals surface area contributed by atoms with Crippen LogP contribution in [-0.2, 0) is 6.42 Å². The van der Waals surface area contributed by atoms with Crippen LogP contribution in [0.3, 0.4) is 0 Å². The summed E-state index contributed by atoms with van der Waals surface area (Å²) in [7, 11) is 0. The normalized spacial score (nSPS) is 11.5. The number of anilines is 2. The van der Waals surface area contributed by atoms with E-state index in [1.165, 1.54) is 0 Å². The molecule has 0 saturated heterocycles. The van der Waals surface area contributed by atoms with E-state index in [4.69, 9.17) is 11.5 Å². The molecule has 0 aliphatic heterocycles. The quantitative estimate of drug-likeness (QED) is 0.253. The van der Waals surface area contributed by atoms with Crippen molar-refractivity contribution < 1.29 is 0 Å². The molecule has 4 aromatic rings. The number of nitrogens with zero attached hydrogens (tertiary/aromatic N) is 4. The molecule has 0 saturated carbocycles. The van der Waals surface area contributed by atoms with Crippen molar-refractivity contribution >= 4 is 34.2 Å². The predicted molar refractivity (Wildman–Crippen MR) is 80.6 cm³/mol. The van der Waals surface area contributed by atoms with Crippen molar-refractivity contribution in [2.75, 3.05) is 11.5 Å². The second kappa shape index (κ2) is 4.40. The Balaban J connectivity index is 1.78. The van der Waals surface area contributed by atoms with E-state index in [2.05, 4.69) is 39.9 Å². The van der Waals surface area contributed by atoms with Gasteiger partial charge in [0, 0.05) is 0 Å². The zero-order chi connectivity index (χ0) is 16.1. The summed E-state index contributed by atoms with van der Waals surface area (Å²) in [5.74, 6) is 0.838. The maximum absolute atomic E-state index is 11.7. The number of hydrogen-bond acceptors (Lipinski definition) is 8. The van der Waals surface area contributed by atoms with Gasteiger partial charge in [0.05, 0.1) is 6.42 Å². The average Bonchev–Trinajstić information content (AvgIpc) is 3.02. The van der Waals surface area contributed by atoms with Crippen LogP contribution in [0.25, 0.3) is 22.3 Å². The highest BCUT2D eigenvalue weighted by Crippen LogP contribution is 2.10. The largest absolute Gasteiger partial charge is 0.369 e. The summed E-state index contributed by atoms with van der Waals surface area (Å²) in [6.45, 7) is 0. The van der Waals surface area contributed by atoms with Gasteiger partial charge < -0.3 is 21.4 Å². The van der Waals surface area contributed by atoms with Crippen LogP contribution in [-0.4, -0.2) is 39.9 Å². The summed E-state index contributed by atoms with van der Waals surface area (Å²) in [6.07, 6.45) is 0.214. The van der Waals surface area contributed by atoms with Gasteiger partial charge in [0.25, 0.3) is 11.1 Å². The number of nitrogen functional groups attached to an aromatic ring is 2. The van der Waals surface area contributed by atoms with Gasteiger partial charge in [-0.05, 0) is 0 Å². The third-order valence-corrected chi connectivity index (χ3v) is 3.19. The third-order valence-electron chi connectivity index (χ3n) is 3.19. The molecule has 0 aromatic carbocycles. The second-order valence-electron chi connectivity index (χ2n) is 4.84. The van der Waals surface area contributed by atoms with E-state index in [1.54, 1.807) is 0 Å². The Hall–Kier alpha value is -3.70. The second-order valence-corrected chi connectivity index (χ2v) is 4.84. The maximum Gasteiger partial charge on any atom is 0.278 e. The molecule has 0 fully saturated rings. The van der Waals surface area contributed by atoms with Crippen LogP contribution >= 0.6 is 0 Å². The SMILES string of the molecule is Nc1nc2nc(Cc3nc4nc(N)[nH]c(=O)c4[nH]3)[nH]c2c(=O)[nH]1. The minimum Gasteiger partial charge on any atom is -0.369 e. The highest BCUT2D eigenvalue weighted by molar-refractivity contribution is 5.71. The van der Waals surface area contributed by atoms with Crippen LogP contribution < -0.4 is 22.6 Å². The average molecular weight is 314 g/mol. The van der Waals surface area contributed by atoms with Crippen molar-refractivity contribution in [3.05, 3.63) is 32.4 Å². The summed E-state index contributed by atoms with van der Waals surface area (Å²) in [5, 5.41) is 0. The Bertz CT molecular complexity index is 1070. The van der Waals surface area contributed by atoms with Gasteiger partial charge in [-0.2, -0.15) is 9.97 Å². The topological polar surface area (TPSA) is 201 Å². The standard InChI is InChI=1S/C11H10N10O2/c12-10-18-6-4(8(22)20-10)14-2(16-6)1-3-15-5-7(17-3)19-11(13)21-9(5)23/h1H2,(H4,12,14,16,18,20,22)(H4,13,15,17,19,21,23). The van der Waals surface area contributed by atoms with E-state index in [0.29, 0.717) is 11.6 Å². The van der Waals surface area contributed by atoms with E-state index < -0.39 is 11.1 Å². The van der Waals surface area contributed by atoms with Gasteiger partial charge >= 0.3 is 0 Å². The number of rotatable bonds is 2. The first-order valence-electron chi connectivity index (χ1n) is 6.48. The molecule has 4 rings (SSSR count). The molecule has 0 amide bonds. The molecule has 0 spiro atoms. The molecule has 0 atom stereocenters. The fourth-order valence-corrected chi connectivity index (χ4v) is 2.27. The van der Waals surface area contributed by atoms with Crippen LogP contribution in [0.4, 0.5) is 11.9 Å². The van der Waals surface area contributed by atoms with Crippen molar-refractivity contribution in [2.45, 2.75) is 6.42 Å². The number of nitrogens with two attached hydrogens (primary N) is 2. The van der Waals surface area contributed by atoms with E-state index in [-0.39, 0.29) is 40.6 Å². The highest BCUT2D eigenvalue weighted by Gasteiger charge is 2.13. The molecule has 0 unspecified atom stereocenters. The number of hydrogen-bond donors (Lipinski definition) is 6. The smallest absolute Gasteiger partial charge is 0.278 e. The maximum atomic E-state index is 11.7. The van der Waals surface area contributed by atoms with Gasteiger partial charge in [-0.3, -0.25) is 19.6 Å². The van der Waals surface area contributed by atoms with Crippen LogP contribution in [0.2, 0.25) is 0 Å². The number of aromatic amines is 4. The Kier molecular flexibility index (Phi) is 2.48. The van der Waals surface area contributed by atoms with E-state index >= 15 is 0 Å². The summed E-state index contributed by atoms with van der Waals surface area (Å²) < 4.78 is 0. The molecule has 4 aromatic heterocycles. The molecule has 4 heterocycles. The summed E-state index contributed by atoms with van der Waals surface area (Å²) in [6, 6.07) is 0. The fourth-order valence-electron chi connectivity index (χ4n) is 2.27. The number of aromatic nitrogens is 8. The third kappa shape index (κ3) is 2.08. The lowest BCUT2D eigenvalue weighted by atomic mass is 10.4. The van der Waals surface area contributed by atoms with Gasteiger partial charge in [-0.15, -0.1) is 0 Å². The van der Waals surface area contributed by atoms with Crippen LogP contribution in [0.1, 0.15) is 11.6 Å². The molecule has 0 radical (unpaired) electrons. The molecule has 0 aliphatic rings. The van der Waals surface area contributed by atoms with Gasteiger partial charge in [0.15, 0.2) is 22.3 Å². The van der Waals surface area contributed by atoms with Crippen LogP contribution in [0, 0.1) is 0 Å². The van der Waals surface area contributed by atoms with Crippen LogP contribution in [0.15, 0.2) is 9.59 Å². The molecular weight excluding hydrogens is 304 g/mol. The van der Waals surface area contributed by atoms with Crippen molar-refractivity contribution in [1.82, 2.24) is 39.9 Å². The molecule has 116 valence electrons. The number of fused-ring (bicyclic) bond motifs is 2.